The summed E-state index contributed by atoms with van der Waals surface area (Å²) in [7, 11) is 0. The standard InChI is InChI=1S/C27H26N4O2/c1-20-7-2-4-10-22(20)24-13-14-26(29-28-24)30-15-17-31(18-16-30)27(32)19-33-25-12-6-9-21-8-3-5-11-23(21)25/h2-14H,15-19H2,1H3. The van der Waals surface area contributed by atoms with Crippen LogP contribution in [0.15, 0.2) is 78.9 Å². The number of piperazine rings is 1. The summed E-state index contributed by atoms with van der Waals surface area (Å²) in [6, 6.07) is 26.1. The molecule has 1 aliphatic rings. The van der Waals surface area contributed by atoms with Crippen LogP contribution in [0.3, 0.4) is 0 Å². The van der Waals surface area contributed by atoms with Crippen molar-refractivity contribution in [2.75, 3.05) is 37.7 Å². The zero-order valence-electron chi connectivity index (χ0n) is 18.6. The molecule has 0 saturated carbocycles. The number of carbonyl (C=O) groups is 1. The van der Waals surface area contributed by atoms with Crippen LogP contribution in [-0.2, 0) is 4.79 Å². The van der Waals surface area contributed by atoms with E-state index in [-0.39, 0.29) is 12.5 Å². The van der Waals surface area contributed by atoms with Gasteiger partial charge in [0.15, 0.2) is 12.4 Å². The van der Waals surface area contributed by atoms with Crippen LogP contribution >= 0.6 is 0 Å². The summed E-state index contributed by atoms with van der Waals surface area (Å²) in [6.07, 6.45) is 0. The Morgan fingerprint density at radius 2 is 1.61 bits per heavy atom. The molecule has 2 heterocycles. The molecule has 0 radical (unpaired) electrons. The van der Waals surface area contributed by atoms with Gasteiger partial charge in [-0.15, -0.1) is 10.2 Å². The molecule has 0 bridgehead atoms. The van der Waals surface area contributed by atoms with Crippen LogP contribution in [-0.4, -0.2) is 53.8 Å². The number of rotatable bonds is 5. The smallest absolute Gasteiger partial charge is 0.260 e. The van der Waals surface area contributed by atoms with Gasteiger partial charge in [0.25, 0.3) is 5.91 Å². The van der Waals surface area contributed by atoms with Crippen LogP contribution in [0, 0.1) is 6.92 Å². The Hall–Kier alpha value is -3.93. The molecule has 1 amide bonds. The van der Waals surface area contributed by atoms with Gasteiger partial charge in [0.1, 0.15) is 5.75 Å². The number of hydrogen-bond donors (Lipinski definition) is 0. The molecule has 1 fully saturated rings. The second kappa shape index (κ2) is 9.28. The largest absolute Gasteiger partial charge is 0.483 e. The quantitative estimate of drug-likeness (QED) is 0.464. The minimum absolute atomic E-state index is 0.00330. The van der Waals surface area contributed by atoms with Gasteiger partial charge in [-0.2, -0.15) is 0 Å². The first-order chi connectivity index (χ1) is 16.2. The molecule has 0 aliphatic carbocycles. The molecule has 166 valence electrons. The number of aromatic nitrogens is 2. The first-order valence-electron chi connectivity index (χ1n) is 11.2. The van der Waals surface area contributed by atoms with Crippen molar-refractivity contribution in [3.63, 3.8) is 0 Å². The number of anilines is 1. The van der Waals surface area contributed by atoms with Gasteiger partial charge in [-0.05, 0) is 36.1 Å². The SMILES string of the molecule is Cc1ccccc1-c1ccc(N2CCN(C(=O)COc3cccc4ccccc34)CC2)nn1. The fourth-order valence-corrected chi connectivity index (χ4v) is 4.24. The summed E-state index contributed by atoms with van der Waals surface area (Å²) in [5, 5.41) is 11.0. The number of nitrogens with zero attached hydrogens (tertiary/aromatic N) is 4. The van der Waals surface area contributed by atoms with Crippen molar-refractivity contribution < 1.29 is 9.53 Å². The van der Waals surface area contributed by atoms with Crippen LogP contribution in [0.2, 0.25) is 0 Å². The molecule has 0 spiro atoms. The average molecular weight is 439 g/mol. The maximum absolute atomic E-state index is 12.7. The maximum Gasteiger partial charge on any atom is 0.260 e. The van der Waals surface area contributed by atoms with E-state index in [0.29, 0.717) is 13.1 Å². The van der Waals surface area contributed by atoms with E-state index in [1.54, 1.807) is 0 Å². The monoisotopic (exact) mass is 438 g/mol. The highest BCUT2D eigenvalue weighted by molar-refractivity contribution is 5.88. The lowest BCUT2D eigenvalue weighted by Gasteiger charge is -2.35. The zero-order chi connectivity index (χ0) is 22.6. The number of aryl methyl sites for hydroxylation is 1. The molecule has 33 heavy (non-hydrogen) atoms. The average Bonchev–Trinajstić information content (AvgIpc) is 2.88. The first kappa shape index (κ1) is 20.9. The van der Waals surface area contributed by atoms with Gasteiger partial charge in [0, 0.05) is 37.1 Å². The summed E-state index contributed by atoms with van der Waals surface area (Å²) < 4.78 is 5.88. The third-order valence-electron chi connectivity index (χ3n) is 6.13. The Balaban J connectivity index is 1.17. The van der Waals surface area contributed by atoms with Gasteiger partial charge in [0.2, 0.25) is 0 Å². The van der Waals surface area contributed by atoms with Crippen molar-refractivity contribution in [3.05, 3.63) is 84.4 Å². The van der Waals surface area contributed by atoms with Crippen molar-refractivity contribution in [2.24, 2.45) is 0 Å². The van der Waals surface area contributed by atoms with Crippen molar-refractivity contribution in [3.8, 4) is 17.0 Å². The molecule has 4 aromatic rings. The Labute approximate surface area is 193 Å². The van der Waals surface area contributed by atoms with Crippen LogP contribution in [0.25, 0.3) is 22.0 Å². The van der Waals surface area contributed by atoms with E-state index >= 15 is 0 Å². The van der Waals surface area contributed by atoms with Crippen LogP contribution in [0.4, 0.5) is 5.82 Å². The number of fused-ring (bicyclic) bond motifs is 1. The number of hydrogen-bond acceptors (Lipinski definition) is 5. The number of amides is 1. The van der Waals surface area contributed by atoms with Gasteiger partial charge >= 0.3 is 0 Å². The Kier molecular flexibility index (Phi) is 5.89. The molecule has 5 rings (SSSR count). The lowest BCUT2D eigenvalue weighted by molar-refractivity contribution is -0.133. The fraction of sp³-hybridized carbons (Fsp3) is 0.222. The van der Waals surface area contributed by atoms with Gasteiger partial charge < -0.3 is 14.5 Å². The highest BCUT2D eigenvalue weighted by Crippen LogP contribution is 2.25. The van der Waals surface area contributed by atoms with Crippen molar-refractivity contribution in [1.82, 2.24) is 15.1 Å². The third-order valence-corrected chi connectivity index (χ3v) is 6.13. The first-order valence-corrected chi connectivity index (χ1v) is 11.2. The number of carbonyl (C=O) groups excluding carboxylic acids is 1. The minimum Gasteiger partial charge on any atom is -0.483 e. The molecule has 6 heteroatoms. The van der Waals surface area contributed by atoms with E-state index in [0.717, 1.165) is 46.7 Å². The molecular formula is C27H26N4O2. The molecule has 1 saturated heterocycles. The fourth-order valence-electron chi connectivity index (χ4n) is 4.24. The molecule has 1 aliphatic heterocycles. The zero-order valence-corrected chi connectivity index (χ0v) is 18.6. The summed E-state index contributed by atoms with van der Waals surface area (Å²) in [5.74, 6) is 1.58. The van der Waals surface area contributed by atoms with E-state index in [4.69, 9.17) is 4.74 Å². The van der Waals surface area contributed by atoms with Crippen molar-refractivity contribution in [1.29, 1.82) is 0 Å². The van der Waals surface area contributed by atoms with Gasteiger partial charge in [-0.25, -0.2) is 0 Å². The molecule has 6 nitrogen and oxygen atoms in total. The minimum atomic E-state index is 0.00330. The van der Waals surface area contributed by atoms with Gasteiger partial charge in [-0.1, -0.05) is 60.7 Å². The van der Waals surface area contributed by atoms with Crippen molar-refractivity contribution in [2.45, 2.75) is 6.92 Å². The summed E-state index contributed by atoms with van der Waals surface area (Å²) >= 11 is 0. The van der Waals surface area contributed by atoms with Gasteiger partial charge in [-0.3, -0.25) is 4.79 Å². The molecule has 0 unspecified atom stereocenters. The predicted molar refractivity (Wildman–Crippen MR) is 130 cm³/mol. The summed E-state index contributed by atoms with van der Waals surface area (Å²) in [5.41, 5.74) is 3.15. The second-order valence-corrected chi connectivity index (χ2v) is 8.23. The highest BCUT2D eigenvalue weighted by Gasteiger charge is 2.22. The Morgan fingerprint density at radius 1 is 0.848 bits per heavy atom. The normalized spacial score (nSPS) is 13.8. The number of ether oxygens (including phenoxy) is 1. The topological polar surface area (TPSA) is 58.6 Å². The highest BCUT2D eigenvalue weighted by atomic mass is 16.5. The maximum atomic E-state index is 12.7. The Morgan fingerprint density at radius 3 is 2.39 bits per heavy atom. The second-order valence-electron chi connectivity index (χ2n) is 8.23. The van der Waals surface area contributed by atoms with Crippen LogP contribution in [0.5, 0.6) is 5.75 Å². The van der Waals surface area contributed by atoms with E-state index in [1.807, 2.05) is 71.6 Å². The van der Waals surface area contributed by atoms with E-state index in [2.05, 4.69) is 34.2 Å². The molecule has 3 aromatic carbocycles. The van der Waals surface area contributed by atoms with Crippen molar-refractivity contribution >= 4 is 22.5 Å². The van der Waals surface area contributed by atoms with E-state index < -0.39 is 0 Å². The van der Waals surface area contributed by atoms with E-state index in [9.17, 15) is 4.79 Å². The Bertz CT molecular complexity index is 1260. The molecule has 0 N–H and O–H groups in total. The third kappa shape index (κ3) is 4.51. The summed E-state index contributed by atoms with van der Waals surface area (Å²) in [4.78, 5) is 16.8. The van der Waals surface area contributed by atoms with Crippen LogP contribution < -0.4 is 9.64 Å². The van der Waals surface area contributed by atoms with Gasteiger partial charge in [0.05, 0.1) is 5.69 Å². The van der Waals surface area contributed by atoms with E-state index in [1.165, 1.54) is 5.56 Å². The molecule has 0 atom stereocenters. The predicted octanol–water partition coefficient (Wildman–Crippen LogP) is 4.33. The van der Waals surface area contributed by atoms with Crippen LogP contribution in [0.1, 0.15) is 5.56 Å². The molecular weight excluding hydrogens is 412 g/mol. The summed E-state index contributed by atoms with van der Waals surface area (Å²) in [6.45, 7) is 4.83. The number of benzene rings is 3. The lowest BCUT2D eigenvalue weighted by Crippen LogP contribution is -2.50. The molecule has 1 aromatic heterocycles. The lowest BCUT2D eigenvalue weighted by atomic mass is 10.1.